The van der Waals surface area contributed by atoms with Crippen LogP contribution in [0.1, 0.15) is 42.2 Å². The molecule has 7 heteroatoms. The second-order valence-electron chi connectivity index (χ2n) is 9.16. The van der Waals surface area contributed by atoms with E-state index in [0.29, 0.717) is 31.3 Å². The number of rotatable bonds is 4. The molecule has 0 spiro atoms. The molecule has 2 aromatic carbocycles. The van der Waals surface area contributed by atoms with E-state index in [2.05, 4.69) is 10.1 Å². The molecule has 33 heavy (non-hydrogen) atoms. The minimum absolute atomic E-state index is 0.0154. The molecule has 0 N–H and O–H groups in total. The zero-order valence-electron chi connectivity index (χ0n) is 19.0. The van der Waals surface area contributed by atoms with Crippen LogP contribution in [0.25, 0.3) is 11.4 Å². The van der Waals surface area contributed by atoms with Crippen LogP contribution in [0, 0.1) is 19.8 Å². The number of amides is 2. The SMILES string of the molecule is Cc1ccc(-c2noc(C3CCN(C(=O)[C@H]4CC(=O)N(c5ccc(C)cc5)C4)CC3)n2)cc1. The minimum atomic E-state index is -0.285. The van der Waals surface area contributed by atoms with Crippen molar-refractivity contribution in [3.8, 4) is 11.4 Å². The molecule has 1 aromatic heterocycles. The number of benzene rings is 2. The van der Waals surface area contributed by atoms with Gasteiger partial charge in [0.2, 0.25) is 23.5 Å². The van der Waals surface area contributed by atoms with E-state index in [4.69, 9.17) is 4.52 Å². The molecule has 0 radical (unpaired) electrons. The molecule has 1 atom stereocenters. The van der Waals surface area contributed by atoms with Gasteiger partial charge in [-0.05, 0) is 38.8 Å². The third-order valence-corrected chi connectivity index (χ3v) is 6.73. The number of aromatic nitrogens is 2. The maximum Gasteiger partial charge on any atom is 0.230 e. The zero-order valence-corrected chi connectivity index (χ0v) is 19.0. The van der Waals surface area contributed by atoms with Gasteiger partial charge in [0.1, 0.15) is 0 Å². The van der Waals surface area contributed by atoms with Crippen molar-refractivity contribution in [1.29, 1.82) is 0 Å². The van der Waals surface area contributed by atoms with Crippen LogP contribution < -0.4 is 4.90 Å². The molecule has 2 aliphatic rings. The van der Waals surface area contributed by atoms with Crippen LogP contribution in [0.15, 0.2) is 53.1 Å². The Morgan fingerprint density at radius 3 is 2.27 bits per heavy atom. The Balaban J connectivity index is 1.18. The van der Waals surface area contributed by atoms with Gasteiger partial charge in [-0.1, -0.05) is 52.7 Å². The van der Waals surface area contributed by atoms with Gasteiger partial charge in [0, 0.05) is 43.2 Å². The number of nitrogens with zero attached hydrogens (tertiary/aromatic N) is 4. The molecule has 7 nitrogen and oxygen atoms in total. The molecule has 2 saturated heterocycles. The van der Waals surface area contributed by atoms with Gasteiger partial charge in [-0.15, -0.1) is 0 Å². The lowest BCUT2D eigenvalue weighted by molar-refractivity contribution is -0.136. The molecule has 170 valence electrons. The summed E-state index contributed by atoms with van der Waals surface area (Å²) >= 11 is 0. The van der Waals surface area contributed by atoms with Crippen LogP contribution in [-0.4, -0.2) is 46.5 Å². The highest BCUT2D eigenvalue weighted by Gasteiger charge is 2.38. The van der Waals surface area contributed by atoms with Gasteiger partial charge in [0.25, 0.3) is 0 Å². The molecule has 5 rings (SSSR count). The molecule has 3 aromatic rings. The predicted molar refractivity (Wildman–Crippen MR) is 125 cm³/mol. The second kappa shape index (κ2) is 8.81. The summed E-state index contributed by atoms with van der Waals surface area (Å²) in [5, 5.41) is 4.15. The Hall–Kier alpha value is -3.48. The van der Waals surface area contributed by atoms with E-state index < -0.39 is 0 Å². The van der Waals surface area contributed by atoms with E-state index in [9.17, 15) is 9.59 Å². The van der Waals surface area contributed by atoms with E-state index in [1.165, 1.54) is 5.56 Å². The van der Waals surface area contributed by atoms with Crippen molar-refractivity contribution in [1.82, 2.24) is 15.0 Å². The van der Waals surface area contributed by atoms with E-state index in [1.807, 2.05) is 67.3 Å². The third-order valence-electron chi connectivity index (χ3n) is 6.73. The van der Waals surface area contributed by atoms with Gasteiger partial charge in [-0.3, -0.25) is 9.59 Å². The minimum Gasteiger partial charge on any atom is -0.342 e. The Morgan fingerprint density at radius 1 is 0.970 bits per heavy atom. The summed E-state index contributed by atoms with van der Waals surface area (Å²) in [6, 6.07) is 15.9. The molecule has 2 aliphatic heterocycles. The number of anilines is 1. The van der Waals surface area contributed by atoms with Crippen molar-refractivity contribution in [2.24, 2.45) is 5.92 Å². The van der Waals surface area contributed by atoms with Gasteiger partial charge in [0.05, 0.1) is 5.92 Å². The maximum absolute atomic E-state index is 13.1. The number of carbonyl (C=O) groups excluding carboxylic acids is 2. The lowest BCUT2D eigenvalue weighted by atomic mass is 9.95. The van der Waals surface area contributed by atoms with E-state index in [-0.39, 0.29) is 30.1 Å². The monoisotopic (exact) mass is 444 g/mol. The Morgan fingerprint density at radius 2 is 1.61 bits per heavy atom. The number of likely N-dealkylation sites (tertiary alicyclic amines) is 1. The fourth-order valence-corrected chi connectivity index (χ4v) is 4.67. The molecule has 0 unspecified atom stereocenters. The average Bonchev–Trinajstić information content (AvgIpc) is 3.47. The first-order chi connectivity index (χ1) is 16.0. The first kappa shape index (κ1) is 21.4. The standard InChI is InChI=1S/C26H28N4O3/c1-17-3-7-19(8-4-17)24-27-25(33-28-24)20-11-13-29(14-12-20)26(32)21-15-23(31)30(16-21)22-9-5-18(2)6-10-22/h3-10,20-21H,11-16H2,1-2H3/t21-/m0/s1. The van der Waals surface area contributed by atoms with Crippen LogP contribution in [-0.2, 0) is 9.59 Å². The van der Waals surface area contributed by atoms with Crippen LogP contribution in [0.2, 0.25) is 0 Å². The largest absolute Gasteiger partial charge is 0.342 e. The highest BCUT2D eigenvalue weighted by atomic mass is 16.5. The molecule has 0 aliphatic carbocycles. The smallest absolute Gasteiger partial charge is 0.230 e. The van der Waals surface area contributed by atoms with Crippen LogP contribution in [0.3, 0.4) is 0 Å². The number of hydrogen-bond donors (Lipinski definition) is 0. The van der Waals surface area contributed by atoms with Gasteiger partial charge >= 0.3 is 0 Å². The van der Waals surface area contributed by atoms with Crippen molar-refractivity contribution >= 4 is 17.5 Å². The summed E-state index contributed by atoms with van der Waals surface area (Å²) in [5.41, 5.74) is 4.13. The summed E-state index contributed by atoms with van der Waals surface area (Å²) in [5.74, 6) is 1.19. The molecular formula is C26H28N4O3. The normalized spacial score (nSPS) is 19.3. The number of carbonyl (C=O) groups is 2. The topological polar surface area (TPSA) is 79.5 Å². The average molecular weight is 445 g/mol. The summed E-state index contributed by atoms with van der Waals surface area (Å²) < 4.78 is 5.55. The Bertz CT molecular complexity index is 1150. The van der Waals surface area contributed by atoms with Gasteiger partial charge in [-0.2, -0.15) is 4.98 Å². The quantitative estimate of drug-likeness (QED) is 0.605. The van der Waals surface area contributed by atoms with E-state index in [1.54, 1.807) is 4.90 Å². The number of hydrogen-bond acceptors (Lipinski definition) is 5. The van der Waals surface area contributed by atoms with Crippen molar-refractivity contribution < 1.29 is 14.1 Å². The maximum atomic E-state index is 13.1. The Labute approximate surface area is 193 Å². The summed E-state index contributed by atoms with van der Waals surface area (Å²) in [4.78, 5) is 33.9. The van der Waals surface area contributed by atoms with Crippen LogP contribution in [0.4, 0.5) is 5.69 Å². The molecule has 0 saturated carbocycles. The number of piperidine rings is 1. The van der Waals surface area contributed by atoms with Crippen molar-refractivity contribution in [2.75, 3.05) is 24.5 Å². The van der Waals surface area contributed by atoms with Crippen LogP contribution in [0.5, 0.6) is 0 Å². The van der Waals surface area contributed by atoms with Crippen molar-refractivity contribution in [3.63, 3.8) is 0 Å². The molecule has 3 heterocycles. The lowest BCUT2D eigenvalue weighted by Crippen LogP contribution is -2.42. The first-order valence-corrected chi connectivity index (χ1v) is 11.5. The zero-order chi connectivity index (χ0) is 22.9. The summed E-state index contributed by atoms with van der Waals surface area (Å²) in [7, 11) is 0. The van der Waals surface area contributed by atoms with Gasteiger partial charge < -0.3 is 14.3 Å². The fourth-order valence-electron chi connectivity index (χ4n) is 4.67. The molecule has 2 amide bonds. The highest BCUT2D eigenvalue weighted by Crippen LogP contribution is 2.31. The predicted octanol–water partition coefficient (Wildman–Crippen LogP) is 4.11. The van der Waals surface area contributed by atoms with Crippen molar-refractivity contribution in [2.45, 2.75) is 39.0 Å². The van der Waals surface area contributed by atoms with Gasteiger partial charge in [0.15, 0.2) is 0 Å². The molecule has 0 bridgehead atoms. The molecule has 2 fully saturated rings. The third kappa shape index (κ3) is 4.40. The lowest BCUT2D eigenvalue weighted by Gasteiger charge is -2.32. The molecular weight excluding hydrogens is 416 g/mol. The van der Waals surface area contributed by atoms with Crippen molar-refractivity contribution in [3.05, 3.63) is 65.5 Å². The first-order valence-electron chi connectivity index (χ1n) is 11.5. The van der Waals surface area contributed by atoms with Crippen LogP contribution >= 0.6 is 0 Å². The van der Waals surface area contributed by atoms with E-state index in [0.717, 1.165) is 29.7 Å². The second-order valence-corrected chi connectivity index (χ2v) is 9.16. The fraction of sp³-hybridized carbons (Fsp3) is 0.385. The summed E-state index contributed by atoms with van der Waals surface area (Å²) in [6.07, 6.45) is 1.84. The highest BCUT2D eigenvalue weighted by molar-refractivity contribution is 6.00. The Kier molecular flexibility index (Phi) is 5.70. The summed E-state index contributed by atoms with van der Waals surface area (Å²) in [6.45, 7) is 5.79. The van der Waals surface area contributed by atoms with Gasteiger partial charge in [-0.25, -0.2) is 0 Å². The van der Waals surface area contributed by atoms with E-state index >= 15 is 0 Å². The number of aryl methyl sites for hydroxylation is 2.